The molecule has 0 saturated carbocycles. The van der Waals surface area contributed by atoms with Gasteiger partial charge in [-0.25, -0.2) is 9.78 Å². The van der Waals surface area contributed by atoms with E-state index in [2.05, 4.69) is 10.3 Å². The first-order valence-electron chi connectivity index (χ1n) is 9.74. The van der Waals surface area contributed by atoms with E-state index in [-0.39, 0.29) is 17.6 Å². The van der Waals surface area contributed by atoms with Crippen molar-refractivity contribution in [3.8, 4) is 5.75 Å². The Hall–Kier alpha value is -3.35. The lowest BCUT2D eigenvalue weighted by atomic mass is 10.0. The Kier molecular flexibility index (Phi) is 5.20. The van der Waals surface area contributed by atoms with Gasteiger partial charge in [0.2, 0.25) is 0 Å². The number of hydrogen-bond donors (Lipinski definition) is 1. The fraction of sp³-hybridized carbons (Fsp3) is 0.318. The fourth-order valence-electron chi connectivity index (χ4n) is 3.86. The van der Waals surface area contributed by atoms with Crippen molar-refractivity contribution in [1.29, 1.82) is 0 Å². The largest absolute Gasteiger partial charge is 0.495 e. The van der Waals surface area contributed by atoms with Crippen LogP contribution in [0.3, 0.4) is 0 Å². The minimum absolute atomic E-state index is 0.0179. The number of nitrogens with one attached hydrogen (secondary N) is 1. The predicted octanol–water partition coefficient (Wildman–Crippen LogP) is 3.58. The number of carbonyl (C=O) groups excluding carboxylic acids is 1. The van der Waals surface area contributed by atoms with Gasteiger partial charge >= 0.3 is 6.03 Å². The maximum Gasteiger partial charge on any atom is 0.321 e. The highest BCUT2D eigenvalue weighted by Gasteiger charge is 2.25. The molecule has 0 aliphatic carbocycles. The molecule has 1 N–H and O–H groups in total. The van der Waals surface area contributed by atoms with Crippen molar-refractivity contribution in [3.63, 3.8) is 0 Å². The predicted molar refractivity (Wildman–Crippen MR) is 113 cm³/mol. The molecule has 7 heteroatoms. The third kappa shape index (κ3) is 3.68. The molecule has 0 radical (unpaired) electrons. The molecule has 0 bridgehead atoms. The zero-order chi connectivity index (χ0) is 20.4. The van der Waals surface area contributed by atoms with Crippen molar-refractivity contribution in [2.75, 3.05) is 25.5 Å². The van der Waals surface area contributed by atoms with Crippen LogP contribution in [-0.2, 0) is 0 Å². The van der Waals surface area contributed by atoms with Gasteiger partial charge in [0.25, 0.3) is 5.56 Å². The lowest BCUT2D eigenvalue weighted by Crippen LogP contribution is -2.42. The van der Waals surface area contributed by atoms with Crippen molar-refractivity contribution in [1.82, 2.24) is 14.5 Å². The van der Waals surface area contributed by atoms with E-state index in [0.717, 1.165) is 11.1 Å². The van der Waals surface area contributed by atoms with Gasteiger partial charge in [0.15, 0.2) is 0 Å². The first-order chi connectivity index (χ1) is 14.1. The number of para-hydroxylation sites is 3. The van der Waals surface area contributed by atoms with Crippen molar-refractivity contribution < 1.29 is 9.53 Å². The van der Waals surface area contributed by atoms with E-state index in [1.807, 2.05) is 49.4 Å². The van der Waals surface area contributed by atoms with Crippen LogP contribution in [0.25, 0.3) is 10.9 Å². The summed E-state index contributed by atoms with van der Waals surface area (Å²) in [5.74, 6) is 0.625. The minimum atomic E-state index is -0.160. The molecule has 1 fully saturated rings. The molecule has 2 aromatic carbocycles. The van der Waals surface area contributed by atoms with E-state index in [0.29, 0.717) is 42.8 Å². The van der Waals surface area contributed by atoms with E-state index >= 15 is 0 Å². The summed E-state index contributed by atoms with van der Waals surface area (Å²) in [6.07, 6.45) is 3.06. The Bertz CT molecular complexity index is 1100. The van der Waals surface area contributed by atoms with E-state index in [4.69, 9.17) is 4.74 Å². The van der Waals surface area contributed by atoms with E-state index in [1.54, 1.807) is 22.9 Å². The summed E-state index contributed by atoms with van der Waals surface area (Å²) in [5.41, 5.74) is 2.38. The molecule has 1 saturated heterocycles. The molecule has 1 aliphatic rings. The number of benzene rings is 2. The standard InChI is InChI=1S/C22H24N4O3/c1-15-6-5-7-17-20(15)23-14-26(21(17)27)16-10-12-25(13-11-16)22(28)24-18-8-3-4-9-19(18)29-2/h3-9,14,16H,10-13H2,1-2H3,(H,24,28). The normalized spacial score (nSPS) is 14.8. The summed E-state index contributed by atoms with van der Waals surface area (Å²) in [4.78, 5) is 31.8. The third-order valence-corrected chi connectivity index (χ3v) is 5.51. The Labute approximate surface area is 168 Å². The lowest BCUT2D eigenvalue weighted by Gasteiger charge is -2.33. The molecule has 4 rings (SSSR count). The van der Waals surface area contributed by atoms with Gasteiger partial charge in [0.1, 0.15) is 5.75 Å². The monoisotopic (exact) mass is 392 g/mol. The number of amides is 2. The van der Waals surface area contributed by atoms with Gasteiger partial charge in [0, 0.05) is 19.1 Å². The van der Waals surface area contributed by atoms with Crippen LogP contribution < -0.4 is 15.6 Å². The Morgan fingerprint density at radius 1 is 1.14 bits per heavy atom. The fourth-order valence-corrected chi connectivity index (χ4v) is 3.86. The van der Waals surface area contributed by atoms with Crippen LogP contribution in [0.4, 0.5) is 10.5 Å². The Balaban J connectivity index is 1.46. The zero-order valence-corrected chi connectivity index (χ0v) is 16.6. The third-order valence-electron chi connectivity index (χ3n) is 5.51. The van der Waals surface area contributed by atoms with Gasteiger partial charge in [-0.1, -0.05) is 24.3 Å². The number of anilines is 1. The molecule has 7 nitrogen and oxygen atoms in total. The summed E-state index contributed by atoms with van der Waals surface area (Å²) >= 11 is 0. The Morgan fingerprint density at radius 3 is 2.66 bits per heavy atom. The van der Waals surface area contributed by atoms with Gasteiger partial charge in [-0.3, -0.25) is 9.36 Å². The number of carbonyl (C=O) groups is 1. The molecular formula is C22H24N4O3. The molecule has 1 aromatic heterocycles. The summed E-state index contributed by atoms with van der Waals surface area (Å²) in [5, 5.41) is 3.55. The number of hydrogen-bond acceptors (Lipinski definition) is 4. The van der Waals surface area contributed by atoms with E-state index < -0.39 is 0 Å². The number of urea groups is 1. The summed E-state index contributed by atoms with van der Waals surface area (Å²) < 4.78 is 7.01. The minimum Gasteiger partial charge on any atom is -0.495 e. The van der Waals surface area contributed by atoms with E-state index in [9.17, 15) is 9.59 Å². The van der Waals surface area contributed by atoms with Crippen molar-refractivity contribution in [2.24, 2.45) is 0 Å². The van der Waals surface area contributed by atoms with Gasteiger partial charge < -0.3 is 15.0 Å². The number of ether oxygens (including phenoxy) is 1. The second-order valence-corrected chi connectivity index (χ2v) is 7.28. The highest BCUT2D eigenvalue weighted by molar-refractivity contribution is 5.91. The Morgan fingerprint density at radius 2 is 1.90 bits per heavy atom. The number of rotatable bonds is 3. The SMILES string of the molecule is COc1ccccc1NC(=O)N1CCC(n2cnc3c(C)cccc3c2=O)CC1. The highest BCUT2D eigenvalue weighted by atomic mass is 16.5. The van der Waals surface area contributed by atoms with Crippen molar-refractivity contribution in [3.05, 3.63) is 64.7 Å². The molecule has 29 heavy (non-hydrogen) atoms. The number of fused-ring (bicyclic) bond motifs is 1. The molecule has 3 aromatic rings. The number of piperidine rings is 1. The molecule has 0 unspecified atom stereocenters. The quantitative estimate of drug-likeness (QED) is 0.739. The van der Waals surface area contributed by atoms with Crippen LogP contribution in [0.2, 0.25) is 0 Å². The summed E-state index contributed by atoms with van der Waals surface area (Å²) in [7, 11) is 1.58. The van der Waals surface area contributed by atoms with Crippen molar-refractivity contribution >= 4 is 22.6 Å². The second-order valence-electron chi connectivity index (χ2n) is 7.28. The van der Waals surface area contributed by atoms with E-state index in [1.165, 1.54) is 0 Å². The maximum atomic E-state index is 12.9. The molecule has 2 heterocycles. The van der Waals surface area contributed by atoms with Crippen LogP contribution in [0, 0.1) is 6.92 Å². The smallest absolute Gasteiger partial charge is 0.321 e. The number of methoxy groups -OCH3 is 1. The molecule has 2 amide bonds. The van der Waals surface area contributed by atoms with Crippen LogP contribution in [0.5, 0.6) is 5.75 Å². The topological polar surface area (TPSA) is 76.5 Å². The first-order valence-corrected chi connectivity index (χ1v) is 9.74. The summed E-state index contributed by atoms with van der Waals surface area (Å²) in [6, 6.07) is 12.9. The molecule has 1 aliphatic heterocycles. The first kappa shape index (κ1) is 19.0. The second kappa shape index (κ2) is 7.95. The number of nitrogens with zero attached hydrogens (tertiary/aromatic N) is 3. The van der Waals surface area contributed by atoms with Crippen LogP contribution in [0.15, 0.2) is 53.6 Å². The lowest BCUT2D eigenvalue weighted by molar-refractivity contribution is 0.182. The van der Waals surface area contributed by atoms with Crippen LogP contribution >= 0.6 is 0 Å². The number of aryl methyl sites for hydroxylation is 1. The average Bonchev–Trinajstić information content (AvgIpc) is 2.75. The molecule has 150 valence electrons. The maximum absolute atomic E-state index is 12.9. The van der Waals surface area contributed by atoms with Gasteiger partial charge in [-0.05, 0) is 43.5 Å². The number of likely N-dealkylation sites (tertiary alicyclic amines) is 1. The highest BCUT2D eigenvalue weighted by Crippen LogP contribution is 2.26. The zero-order valence-electron chi connectivity index (χ0n) is 16.6. The number of aromatic nitrogens is 2. The molecule has 0 atom stereocenters. The van der Waals surface area contributed by atoms with Crippen LogP contribution in [0.1, 0.15) is 24.4 Å². The molecule has 0 spiro atoms. The van der Waals surface area contributed by atoms with Gasteiger partial charge in [-0.15, -0.1) is 0 Å². The average molecular weight is 392 g/mol. The summed E-state index contributed by atoms with van der Waals surface area (Å²) in [6.45, 7) is 3.10. The van der Waals surface area contributed by atoms with Crippen LogP contribution in [-0.4, -0.2) is 40.7 Å². The van der Waals surface area contributed by atoms with Crippen molar-refractivity contribution in [2.45, 2.75) is 25.8 Å². The molecular weight excluding hydrogens is 368 g/mol. The van der Waals surface area contributed by atoms with Gasteiger partial charge in [0.05, 0.1) is 30.0 Å². The van der Waals surface area contributed by atoms with Gasteiger partial charge in [-0.2, -0.15) is 0 Å².